The molecule has 0 bridgehead atoms. The number of nitrogen functional groups attached to an aromatic ring is 1. The zero-order valence-electron chi connectivity index (χ0n) is 18.5. The molecule has 0 saturated heterocycles. The molecule has 2 aromatic carbocycles. The van der Waals surface area contributed by atoms with Crippen molar-refractivity contribution in [3.05, 3.63) is 59.7 Å². The Morgan fingerprint density at radius 3 is 2.64 bits per heavy atom. The third-order valence-corrected chi connectivity index (χ3v) is 6.06. The zero-order chi connectivity index (χ0) is 22.8. The first-order valence-electron chi connectivity index (χ1n) is 11.2. The van der Waals surface area contributed by atoms with E-state index < -0.39 is 0 Å². The molecule has 0 aliphatic heterocycles. The highest BCUT2D eigenvalue weighted by molar-refractivity contribution is 6.10. The molecule has 8 heteroatoms. The van der Waals surface area contributed by atoms with Gasteiger partial charge in [-0.15, -0.1) is 0 Å². The third-order valence-electron chi connectivity index (χ3n) is 6.06. The van der Waals surface area contributed by atoms with E-state index in [2.05, 4.69) is 10.4 Å². The molecule has 1 aliphatic carbocycles. The SMILES string of the molecule is COc1cccc(C=Nn2c(N)c(C(=O)NC3CCCCC3)c3nc4ccccc4nc32)c1. The van der Waals surface area contributed by atoms with Crippen LogP contribution in [-0.4, -0.2) is 39.9 Å². The summed E-state index contributed by atoms with van der Waals surface area (Å²) < 4.78 is 6.78. The molecule has 3 N–H and O–H groups in total. The number of aromatic nitrogens is 3. The Kier molecular flexibility index (Phi) is 5.64. The fourth-order valence-electron chi connectivity index (χ4n) is 4.34. The fraction of sp³-hybridized carbons (Fsp3) is 0.280. The number of methoxy groups -OCH3 is 1. The summed E-state index contributed by atoms with van der Waals surface area (Å²) in [4.78, 5) is 22.8. The first kappa shape index (κ1) is 20.9. The molecule has 168 valence electrons. The molecule has 5 rings (SSSR count). The van der Waals surface area contributed by atoms with Crippen molar-refractivity contribution in [3.8, 4) is 5.75 Å². The highest BCUT2D eigenvalue weighted by Gasteiger charge is 2.26. The first-order chi connectivity index (χ1) is 16.1. The second kappa shape index (κ2) is 8.90. The van der Waals surface area contributed by atoms with Crippen LogP contribution >= 0.6 is 0 Å². The van der Waals surface area contributed by atoms with Gasteiger partial charge in [-0.1, -0.05) is 43.5 Å². The summed E-state index contributed by atoms with van der Waals surface area (Å²) in [5.74, 6) is 0.708. The number of anilines is 1. The molecule has 8 nitrogen and oxygen atoms in total. The molecule has 0 radical (unpaired) electrons. The Labute approximate surface area is 191 Å². The predicted molar refractivity (Wildman–Crippen MR) is 130 cm³/mol. The number of nitrogens with zero attached hydrogens (tertiary/aromatic N) is 4. The van der Waals surface area contributed by atoms with Gasteiger partial charge in [0.2, 0.25) is 0 Å². The lowest BCUT2D eigenvalue weighted by Gasteiger charge is -2.22. The van der Waals surface area contributed by atoms with E-state index in [-0.39, 0.29) is 17.8 Å². The lowest BCUT2D eigenvalue weighted by atomic mass is 9.95. The molecule has 1 fully saturated rings. The van der Waals surface area contributed by atoms with Crippen molar-refractivity contribution in [1.82, 2.24) is 20.0 Å². The molecule has 2 aromatic heterocycles. The number of carbonyl (C=O) groups is 1. The Bertz CT molecular complexity index is 1350. The molecular formula is C25H26N6O2. The van der Waals surface area contributed by atoms with Gasteiger partial charge in [-0.3, -0.25) is 4.79 Å². The minimum atomic E-state index is -0.232. The van der Waals surface area contributed by atoms with Crippen LogP contribution in [-0.2, 0) is 0 Å². The standard InChI is InChI=1S/C25H26N6O2/c1-33-18-11-7-8-16(14-18)15-27-31-23(26)21(25(32)28-17-9-3-2-4-10-17)22-24(31)30-20-13-6-5-12-19(20)29-22/h5-8,11-15,17H,2-4,9-10,26H2,1H3,(H,28,32). The predicted octanol–water partition coefficient (Wildman–Crippen LogP) is 4.12. The Morgan fingerprint density at radius 1 is 1.12 bits per heavy atom. The fourth-order valence-corrected chi connectivity index (χ4v) is 4.34. The number of hydrogen-bond donors (Lipinski definition) is 2. The summed E-state index contributed by atoms with van der Waals surface area (Å²) in [6.07, 6.45) is 7.08. The zero-order valence-corrected chi connectivity index (χ0v) is 18.5. The number of nitrogens with one attached hydrogen (secondary N) is 1. The maximum atomic E-state index is 13.3. The molecule has 1 aliphatic rings. The van der Waals surface area contributed by atoms with Gasteiger partial charge in [-0.05, 0) is 42.7 Å². The monoisotopic (exact) mass is 442 g/mol. The highest BCUT2D eigenvalue weighted by atomic mass is 16.5. The average Bonchev–Trinajstić information content (AvgIpc) is 3.12. The number of hydrogen-bond acceptors (Lipinski definition) is 6. The number of ether oxygens (including phenoxy) is 1. The van der Waals surface area contributed by atoms with Crippen LogP contribution in [0.25, 0.3) is 22.2 Å². The largest absolute Gasteiger partial charge is 0.497 e. The van der Waals surface area contributed by atoms with E-state index in [0.717, 1.165) is 37.0 Å². The third kappa shape index (κ3) is 4.11. The summed E-state index contributed by atoms with van der Waals surface area (Å²) in [7, 11) is 1.62. The van der Waals surface area contributed by atoms with Crippen molar-refractivity contribution < 1.29 is 9.53 Å². The lowest BCUT2D eigenvalue weighted by Crippen LogP contribution is -2.36. The van der Waals surface area contributed by atoms with E-state index >= 15 is 0 Å². The highest BCUT2D eigenvalue weighted by Crippen LogP contribution is 2.28. The quantitative estimate of drug-likeness (QED) is 0.452. The van der Waals surface area contributed by atoms with E-state index in [0.29, 0.717) is 27.8 Å². The van der Waals surface area contributed by atoms with Crippen LogP contribution in [0, 0.1) is 0 Å². The summed E-state index contributed by atoms with van der Waals surface area (Å²) in [5, 5.41) is 7.71. The number of amides is 1. The van der Waals surface area contributed by atoms with Gasteiger partial charge in [0.15, 0.2) is 5.65 Å². The molecule has 1 saturated carbocycles. The van der Waals surface area contributed by atoms with Gasteiger partial charge >= 0.3 is 0 Å². The summed E-state index contributed by atoms with van der Waals surface area (Å²) >= 11 is 0. The normalized spacial score (nSPS) is 14.8. The van der Waals surface area contributed by atoms with Crippen molar-refractivity contribution in [2.75, 3.05) is 12.8 Å². The first-order valence-corrected chi connectivity index (χ1v) is 11.2. The molecule has 4 aromatic rings. The van der Waals surface area contributed by atoms with Gasteiger partial charge in [0.1, 0.15) is 22.6 Å². The Balaban J connectivity index is 1.61. The number of fused-ring (bicyclic) bond motifs is 2. The van der Waals surface area contributed by atoms with Crippen LogP contribution in [0.5, 0.6) is 5.75 Å². The Morgan fingerprint density at radius 2 is 1.88 bits per heavy atom. The van der Waals surface area contributed by atoms with E-state index in [9.17, 15) is 4.79 Å². The smallest absolute Gasteiger partial charge is 0.257 e. The van der Waals surface area contributed by atoms with E-state index in [1.807, 2.05) is 48.5 Å². The van der Waals surface area contributed by atoms with Gasteiger partial charge in [0, 0.05) is 6.04 Å². The number of rotatable bonds is 5. The molecule has 2 heterocycles. The summed E-state index contributed by atoms with van der Waals surface area (Å²) in [6.45, 7) is 0. The van der Waals surface area contributed by atoms with Gasteiger partial charge in [0.25, 0.3) is 5.91 Å². The number of carbonyl (C=O) groups excluding carboxylic acids is 1. The topological polar surface area (TPSA) is 107 Å². The van der Waals surface area contributed by atoms with E-state index in [1.165, 1.54) is 11.1 Å². The van der Waals surface area contributed by atoms with Crippen LogP contribution in [0.1, 0.15) is 48.0 Å². The average molecular weight is 443 g/mol. The second-order valence-electron chi connectivity index (χ2n) is 8.29. The second-order valence-corrected chi connectivity index (χ2v) is 8.29. The van der Waals surface area contributed by atoms with Crippen molar-refractivity contribution in [1.29, 1.82) is 0 Å². The van der Waals surface area contributed by atoms with Crippen molar-refractivity contribution in [2.45, 2.75) is 38.1 Å². The van der Waals surface area contributed by atoms with Gasteiger partial charge in [0.05, 0.1) is 24.4 Å². The number of benzene rings is 2. The maximum absolute atomic E-state index is 13.3. The van der Waals surface area contributed by atoms with E-state index in [1.54, 1.807) is 13.3 Å². The molecule has 33 heavy (non-hydrogen) atoms. The van der Waals surface area contributed by atoms with E-state index in [4.69, 9.17) is 20.4 Å². The summed E-state index contributed by atoms with van der Waals surface area (Å²) in [6, 6.07) is 15.2. The minimum Gasteiger partial charge on any atom is -0.497 e. The number of nitrogens with two attached hydrogens (primary N) is 1. The van der Waals surface area contributed by atoms with Crippen LogP contribution < -0.4 is 15.8 Å². The lowest BCUT2D eigenvalue weighted by molar-refractivity contribution is 0.0930. The summed E-state index contributed by atoms with van der Waals surface area (Å²) in [5.41, 5.74) is 9.93. The van der Waals surface area contributed by atoms with Crippen molar-refractivity contribution in [2.24, 2.45) is 5.10 Å². The van der Waals surface area contributed by atoms with Crippen LogP contribution in [0.2, 0.25) is 0 Å². The van der Waals surface area contributed by atoms with Crippen LogP contribution in [0.3, 0.4) is 0 Å². The van der Waals surface area contributed by atoms with Crippen LogP contribution in [0.4, 0.5) is 5.82 Å². The minimum absolute atomic E-state index is 0.151. The number of para-hydroxylation sites is 2. The van der Waals surface area contributed by atoms with Gasteiger partial charge in [-0.25, -0.2) is 9.97 Å². The molecule has 0 unspecified atom stereocenters. The van der Waals surface area contributed by atoms with Gasteiger partial charge < -0.3 is 15.8 Å². The molecule has 1 amide bonds. The van der Waals surface area contributed by atoms with Crippen molar-refractivity contribution in [3.63, 3.8) is 0 Å². The molecule has 0 atom stereocenters. The molecular weight excluding hydrogens is 416 g/mol. The Hall–Kier alpha value is -3.94. The van der Waals surface area contributed by atoms with Crippen molar-refractivity contribution >= 4 is 40.1 Å². The molecule has 0 spiro atoms. The van der Waals surface area contributed by atoms with Crippen LogP contribution in [0.15, 0.2) is 53.6 Å². The maximum Gasteiger partial charge on any atom is 0.257 e. The van der Waals surface area contributed by atoms with Gasteiger partial charge in [-0.2, -0.15) is 9.78 Å².